The number of alkyl halides is 1. The van der Waals surface area contributed by atoms with Crippen molar-refractivity contribution in [2.75, 3.05) is 0 Å². The molecule has 2 aromatic carbocycles. The Labute approximate surface area is 124 Å². The topological polar surface area (TPSA) is 0 Å². The molecular weight excluding hydrogens is 275 g/mol. The predicted molar refractivity (Wildman–Crippen MR) is 84.1 cm³/mol. The van der Waals surface area contributed by atoms with Crippen molar-refractivity contribution in [3.8, 4) is 0 Å². The van der Waals surface area contributed by atoms with E-state index in [1.807, 2.05) is 55.5 Å². The minimum Gasteiger partial charge on any atom is -0.104 e. The molecule has 1 unspecified atom stereocenters. The molecule has 0 aliphatic heterocycles. The summed E-state index contributed by atoms with van der Waals surface area (Å²) < 4.78 is 0. The van der Waals surface area contributed by atoms with E-state index in [-0.39, 0.29) is 0 Å². The zero-order valence-corrected chi connectivity index (χ0v) is 12.6. The highest BCUT2D eigenvalue weighted by molar-refractivity contribution is 6.34. The first kappa shape index (κ1) is 14.2. The van der Waals surface area contributed by atoms with E-state index < -0.39 is 4.87 Å². The van der Waals surface area contributed by atoms with Gasteiger partial charge in [-0.1, -0.05) is 71.8 Å². The van der Waals surface area contributed by atoms with Crippen molar-refractivity contribution in [3.63, 3.8) is 0 Å². The Bertz CT molecular complexity index is 599. The fourth-order valence-corrected chi connectivity index (χ4v) is 2.77. The van der Waals surface area contributed by atoms with Crippen LogP contribution in [-0.2, 0) is 4.87 Å². The van der Waals surface area contributed by atoms with E-state index in [0.717, 1.165) is 16.7 Å². The van der Waals surface area contributed by atoms with Gasteiger partial charge >= 0.3 is 0 Å². The average molecular weight is 291 g/mol. The van der Waals surface area contributed by atoms with Gasteiger partial charge in [-0.05, 0) is 25.5 Å². The lowest BCUT2D eigenvalue weighted by atomic mass is 9.85. The van der Waals surface area contributed by atoms with Crippen LogP contribution >= 0.6 is 23.2 Å². The molecule has 0 heterocycles. The lowest BCUT2D eigenvalue weighted by molar-refractivity contribution is 0.857. The Balaban J connectivity index is 2.65. The third kappa shape index (κ3) is 2.56. The van der Waals surface area contributed by atoms with Crippen molar-refractivity contribution >= 4 is 23.2 Å². The summed E-state index contributed by atoms with van der Waals surface area (Å²) in [5.74, 6) is 0. The molecule has 0 fully saturated rings. The Morgan fingerprint density at radius 1 is 1.05 bits per heavy atom. The molecule has 1 atom stereocenters. The first-order valence-corrected chi connectivity index (χ1v) is 6.89. The Morgan fingerprint density at radius 2 is 1.63 bits per heavy atom. The normalized spacial score (nSPS) is 13.9. The highest BCUT2D eigenvalue weighted by atomic mass is 35.5. The Hall–Kier alpha value is -1.24. The average Bonchev–Trinajstić information content (AvgIpc) is 2.39. The van der Waals surface area contributed by atoms with Crippen molar-refractivity contribution in [3.05, 3.63) is 82.4 Å². The van der Waals surface area contributed by atoms with Crippen LogP contribution < -0.4 is 0 Å². The van der Waals surface area contributed by atoms with Crippen LogP contribution in [0, 0.1) is 6.92 Å². The van der Waals surface area contributed by atoms with Crippen LogP contribution in [0.2, 0.25) is 5.02 Å². The van der Waals surface area contributed by atoms with Crippen molar-refractivity contribution in [1.82, 2.24) is 0 Å². The van der Waals surface area contributed by atoms with Crippen LogP contribution in [-0.4, -0.2) is 0 Å². The molecule has 0 aliphatic rings. The van der Waals surface area contributed by atoms with E-state index >= 15 is 0 Å². The van der Waals surface area contributed by atoms with Gasteiger partial charge in [-0.3, -0.25) is 0 Å². The maximum atomic E-state index is 6.90. The van der Waals surface area contributed by atoms with E-state index in [9.17, 15) is 0 Å². The Morgan fingerprint density at radius 3 is 2.16 bits per heavy atom. The molecule has 2 heteroatoms. The fraction of sp³-hybridized carbons (Fsp3) is 0.176. The van der Waals surface area contributed by atoms with Gasteiger partial charge in [0.25, 0.3) is 0 Å². The third-order valence-corrected chi connectivity index (χ3v) is 4.36. The second-order valence-corrected chi connectivity index (χ2v) is 5.76. The summed E-state index contributed by atoms with van der Waals surface area (Å²) in [6.45, 7) is 8.03. The van der Waals surface area contributed by atoms with Gasteiger partial charge in [0.2, 0.25) is 0 Å². The van der Waals surface area contributed by atoms with Gasteiger partial charge in [-0.15, -0.1) is 11.6 Å². The van der Waals surface area contributed by atoms with Crippen molar-refractivity contribution in [2.45, 2.75) is 18.7 Å². The summed E-state index contributed by atoms with van der Waals surface area (Å²) >= 11 is 13.2. The lowest BCUT2D eigenvalue weighted by Gasteiger charge is -2.30. The number of allylic oxidation sites excluding steroid dienone is 1. The lowest BCUT2D eigenvalue weighted by Crippen LogP contribution is -2.22. The van der Waals surface area contributed by atoms with E-state index in [4.69, 9.17) is 23.2 Å². The standard InChI is InChI=1S/C17H16Cl2/c1-12(2)17(19,14-10-8-13(3)9-11-14)15-6-4-5-7-16(15)18/h4-11H,1H2,2-3H3. The number of hydrogen-bond acceptors (Lipinski definition) is 0. The van der Waals surface area contributed by atoms with Crippen LogP contribution in [0.5, 0.6) is 0 Å². The quantitative estimate of drug-likeness (QED) is 0.502. The van der Waals surface area contributed by atoms with Gasteiger partial charge in [0, 0.05) is 10.6 Å². The highest BCUT2D eigenvalue weighted by Crippen LogP contribution is 2.45. The smallest absolute Gasteiger partial charge is 0.104 e. The maximum absolute atomic E-state index is 6.90. The summed E-state index contributed by atoms with van der Waals surface area (Å²) in [6.07, 6.45) is 0. The molecule has 2 rings (SSSR count). The second kappa shape index (κ2) is 5.40. The number of hydrogen-bond donors (Lipinski definition) is 0. The molecule has 98 valence electrons. The number of rotatable bonds is 3. The zero-order chi connectivity index (χ0) is 14.0. The van der Waals surface area contributed by atoms with Gasteiger partial charge in [0.05, 0.1) is 0 Å². The summed E-state index contributed by atoms with van der Waals surface area (Å²) in [5.41, 5.74) is 3.91. The van der Waals surface area contributed by atoms with Gasteiger partial charge in [-0.2, -0.15) is 0 Å². The van der Waals surface area contributed by atoms with E-state index in [0.29, 0.717) is 5.02 Å². The van der Waals surface area contributed by atoms with Gasteiger partial charge in [0.15, 0.2) is 0 Å². The van der Waals surface area contributed by atoms with Crippen LogP contribution in [0.25, 0.3) is 0 Å². The molecular formula is C17H16Cl2. The molecule has 0 aliphatic carbocycles. The zero-order valence-electron chi connectivity index (χ0n) is 11.1. The Kier molecular flexibility index (Phi) is 4.03. The summed E-state index contributed by atoms with van der Waals surface area (Å²) in [4.78, 5) is -0.786. The van der Waals surface area contributed by atoms with Crippen LogP contribution in [0.1, 0.15) is 23.6 Å². The highest BCUT2D eigenvalue weighted by Gasteiger charge is 2.34. The van der Waals surface area contributed by atoms with Gasteiger partial charge < -0.3 is 0 Å². The summed E-state index contributed by atoms with van der Waals surface area (Å²) in [7, 11) is 0. The molecule has 19 heavy (non-hydrogen) atoms. The first-order valence-electron chi connectivity index (χ1n) is 6.13. The number of benzene rings is 2. The molecule has 0 aromatic heterocycles. The molecule has 0 nitrogen and oxygen atoms in total. The minimum absolute atomic E-state index is 0.654. The molecule has 0 N–H and O–H groups in total. The molecule has 0 saturated carbocycles. The van der Waals surface area contributed by atoms with Crippen molar-refractivity contribution < 1.29 is 0 Å². The first-order chi connectivity index (χ1) is 8.96. The van der Waals surface area contributed by atoms with E-state index in [1.165, 1.54) is 5.56 Å². The number of aryl methyl sites for hydroxylation is 1. The molecule has 0 amide bonds. The molecule has 0 radical (unpaired) electrons. The van der Waals surface area contributed by atoms with Gasteiger partial charge in [0.1, 0.15) is 4.87 Å². The van der Waals surface area contributed by atoms with Crippen LogP contribution in [0.4, 0.5) is 0 Å². The fourth-order valence-electron chi connectivity index (χ4n) is 2.16. The predicted octanol–water partition coefficient (Wildman–Crippen LogP) is 5.71. The summed E-state index contributed by atoms with van der Waals surface area (Å²) in [5, 5.41) is 0.654. The minimum atomic E-state index is -0.786. The largest absolute Gasteiger partial charge is 0.116 e. The van der Waals surface area contributed by atoms with E-state index in [1.54, 1.807) is 0 Å². The monoisotopic (exact) mass is 290 g/mol. The van der Waals surface area contributed by atoms with Gasteiger partial charge in [-0.25, -0.2) is 0 Å². The molecule has 2 aromatic rings. The van der Waals surface area contributed by atoms with E-state index in [2.05, 4.69) is 13.5 Å². The van der Waals surface area contributed by atoms with Crippen LogP contribution in [0.3, 0.4) is 0 Å². The van der Waals surface area contributed by atoms with Crippen molar-refractivity contribution in [1.29, 1.82) is 0 Å². The molecule has 0 bridgehead atoms. The summed E-state index contributed by atoms with van der Waals surface area (Å²) in [6, 6.07) is 15.8. The third-order valence-electron chi connectivity index (χ3n) is 3.28. The second-order valence-electron chi connectivity index (χ2n) is 4.78. The molecule has 0 saturated heterocycles. The maximum Gasteiger partial charge on any atom is 0.116 e. The number of halogens is 2. The van der Waals surface area contributed by atoms with Crippen LogP contribution in [0.15, 0.2) is 60.7 Å². The van der Waals surface area contributed by atoms with Crippen molar-refractivity contribution in [2.24, 2.45) is 0 Å². The SMILES string of the molecule is C=C(C)C(Cl)(c1ccc(C)cc1)c1ccccc1Cl. The molecule has 0 spiro atoms.